The Balaban J connectivity index is 1.05. The number of aromatic nitrogens is 1. The summed E-state index contributed by atoms with van der Waals surface area (Å²) in [6.45, 7) is 13.8. The number of nitrogens with zero attached hydrogens (tertiary/aromatic N) is 1. The third kappa shape index (κ3) is 9.77. The molecule has 13 nitrogen and oxygen atoms in total. The predicted molar refractivity (Wildman–Crippen MR) is 253 cm³/mol. The maximum absolute atomic E-state index is 14.3. The summed E-state index contributed by atoms with van der Waals surface area (Å²) in [5, 5.41) is 20.4. The summed E-state index contributed by atoms with van der Waals surface area (Å²) in [5.74, 6) is -0.0587. The Kier molecular flexibility index (Phi) is 13.2. The number of fused-ring (bicyclic) bond motifs is 2. The highest BCUT2D eigenvalue weighted by Gasteiger charge is 2.40. The van der Waals surface area contributed by atoms with E-state index < -0.39 is 24.1 Å². The highest BCUT2D eigenvalue weighted by molar-refractivity contribution is 7.91. The summed E-state index contributed by atoms with van der Waals surface area (Å²) in [5.41, 5.74) is 11.8. The average molecular weight is 902 g/mol. The second-order valence-corrected chi connectivity index (χ2v) is 24.2. The Morgan fingerprint density at radius 3 is 2.45 bits per heavy atom. The minimum atomic E-state index is -4.03. The smallest absolute Gasteiger partial charge is 0.262 e. The molecule has 2 amide bonds. The highest BCUT2D eigenvalue weighted by Crippen LogP contribution is 2.46. The molecule has 334 valence electrons. The number of methoxy groups -OCH3 is 1. The van der Waals surface area contributed by atoms with E-state index in [1.807, 2.05) is 18.2 Å². The van der Waals surface area contributed by atoms with Crippen molar-refractivity contribution >= 4 is 57.9 Å². The van der Waals surface area contributed by atoms with Gasteiger partial charge in [-0.05, 0) is 115 Å². The van der Waals surface area contributed by atoms with Crippen LogP contribution in [0.2, 0.25) is 18.1 Å². The van der Waals surface area contributed by atoms with Crippen molar-refractivity contribution in [1.29, 1.82) is 0 Å². The summed E-state index contributed by atoms with van der Waals surface area (Å²) in [6, 6.07) is 28.6. The van der Waals surface area contributed by atoms with Crippen molar-refractivity contribution in [2.24, 2.45) is 5.73 Å². The number of primary amides is 1. The van der Waals surface area contributed by atoms with Gasteiger partial charge in [-0.3, -0.25) is 14.6 Å². The molecule has 0 radical (unpaired) electrons. The molecule has 0 unspecified atom stereocenters. The number of benzene rings is 5. The Hall–Kier alpha value is -6.26. The van der Waals surface area contributed by atoms with Crippen LogP contribution in [0.5, 0.6) is 17.2 Å². The number of carbonyl (C=O) groups is 2. The molecule has 0 bridgehead atoms. The molecule has 7 rings (SSSR count). The van der Waals surface area contributed by atoms with E-state index in [0.717, 1.165) is 35.1 Å². The summed E-state index contributed by atoms with van der Waals surface area (Å²) in [4.78, 5) is 29.3. The predicted octanol–water partition coefficient (Wildman–Crippen LogP) is 9.22. The number of phenolic OH excluding ortho intramolecular Hbond substituents is 1. The molecule has 6 N–H and O–H groups in total. The van der Waals surface area contributed by atoms with Gasteiger partial charge in [-0.25, -0.2) is 8.42 Å². The minimum Gasteiger partial charge on any atom is -0.506 e. The molecule has 1 aromatic heterocycles. The lowest BCUT2D eigenvalue weighted by Gasteiger charge is -2.40. The minimum absolute atomic E-state index is 0.0479. The van der Waals surface area contributed by atoms with Gasteiger partial charge in [0.05, 0.1) is 39.8 Å². The van der Waals surface area contributed by atoms with Crippen molar-refractivity contribution in [1.82, 2.24) is 10.3 Å². The van der Waals surface area contributed by atoms with Crippen molar-refractivity contribution in [2.75, 3.05) is 37.4 Å². The second kappa shape index (κ2) is 18.5. The Bertz CT molecular complexity index is 2840. The number of ether oxygens (including phenoxy) is 2. The second-order valence-electron chi connectivity index (χ2n) is 17.5. The van der Waals surface area contributed by atoms with Crippen LogP contribution in [-0.2, 0) is 25.5 Å². The lowest BCUT2D eigenvalue weighted by Crippen LogP contribution is -2.43. The number of nitrogens with two attached hydrogens (primary N) is 1. The Labute approximate surface area is 375 Å². The maximum atomic E-state index is 14.3. The number of hydrogen-bond acceptors (Lipinski definition) is 11. The lowest BCUT2D eigenvalue weighted by molar-refractivity contribution is -0.118. The molecule has 0 saturated heterocycles. The Morgan fingerprint density at radius 2 is 1.73 bits per heavy atom. The van der Waals surface area contributed by atoms with Crippen LogP contribution in [0.1, 0.15) is 60.3 Å². The molecule has 0 saturated carbocycles. The van der Waals surface area contributed by atoms with Gasteiger partial charge in [0.25, 0.3) is 11.8 Å². The van der Waals surface area contributed by atoms with Gasteiger partial charge in [-0.2, -0.15) is 0 Å². The van der Waals surface area contributed by atoms with Gasteiger partial charge in [0.2, 0.25) is 9.84 Å². The van der Waals surface area contributed by atoms with E-state index in [4.69, 9.17) is 19.6 Å². The van der Waals surface area contributed by atoms with Crippen LogP contribution < -0.4 is 31.2 Å². The molecule has 1 aliphatic heterocycles. The fraction of sp³-hybridized carbons (Fsp3) is 0.286. The first-order valence-electron chi connectivity index (χ1n) is 21.1. The van der Waals surface area contributed by atoms with E-state index in [-0.39, 0.29) is 50.4 Å². The number of anilines is 3. The molecule has 2 heterocycles. The molecule has 0 fully saturated rings. The van der Waals surface area contributed by atoms with Crippen LogP contribution in [-0.4, -0.2) is 65.4 Å². The number of hydrogen-bond donors (Lipinski definition) is 5. The first-order chi connectivity index (χ1) is 30.4. The third-order valence-electron chi connectivity index (χ3n) is 12.0. The number of carbonyl (C=O) groups excluding carboxylic acids is 2. The molecule has 5 aromatic carbocycles. The molecular formula is C49H55N5O8SSi. The topological polar surface area (TPSA) is 191 Å². The molecule has 6 aromatic rings. The number of nitrogens with one attached hydrogen (secondary N) is 3. The largest absolute Gasteiger partial charge is 0.506 e. The van der Waals surface area contributed by atoms with Crippen molar-refractivity contribution in [3.8, 4) is 28.4 Å². The summed E-state index contributed by atoms with van der Waals surface area (Å²) < 4.78 is 46.8. The third-order valence-corrected chi connectivity index (χ3v) is 18.2. The first kappa shape index (κ1) is 45.8. The van der Waals surface area contributed by atoms with E-state index in [9.17, 15) is 23.1 Å². The molecule has 64 heavy (non-hydrogen) atoms. The van der Waals surface area contributed by atoms with Gasteiger partial charge in [-0.1, -0.05) is 63.2 Å². The van der Waals surface area contributed by atoms with Crippen molar-refractivity contribution in [3.63, 3.8) is 0 Å². The van der Waals surface area contributed by atoms with Gasteiger partial charge in [0.15, 0.2) is 20.7 Å². The molecule has 1 aliphatic rings. The fourth-order valence-electron chi connectivity index (χ4n) is 7.44. The van der Waals surface area contributed by atoms with Crippen molar-refractivity contribution in [3.05, 3.63) is 126 Å². The lowest BCUT2D eigenvalue weighted by atomic mass is 10.0. The molecule has 15 heteroatoms. The van der Waals surface area contributed by atoms with Crippen LogP contribution in [0.3, 0.4) is 0 Å². The highest BCUT2D eigenvalue weighted by atomic mass is 32.2. The number of amides is 2. The number of phenols is 1. The van der Waals surface area contributed by atoms with Crippen molar-refractivity contribution < 1.29 is 37.0 Å². The van der Waals surface area contributed by atoms with Gasteiger partial charge in [0.1, 0.15) is 17.2 Å². The SMILES string of the molecule is COc1cccc(Nc2c(C(N)=O)cnc3c(C)cc(S(=O)(=O)c4cccc(-c5ccc(CCCNC[C@H](O[Si](C)(C)C(C)(C)C)c6ccc(O)c7c6OCC(=O)N7)cc5)c4)cc23)c1. The standard InChI is InChI=1S/C49H55N5O8SSi/c1-30-23-37(26-39-44(30)52-27-40(48(50)57)45(39)53-34-13-9-14-35(25-34)60-5)63(58,59)36-15-8-12-33(24-36)32-18-16-31(17-19-32)11-10-22-51-28-42(62-64(6,7)49(2,3)4)38-20-21-41(55)46-47(38)61-29-43(56)54-46/h8-9,12-21,23-27,42,51,55H,10-11,22,28-29H2,1-7H3,(H2,50,57)(H,52,53)(H,54,56)/t42-/m0/s1. The summed E-state index contributed by atoms with van der Waals surface area (Å²) in [6.07, 6.45) is 2.67. The van der Waals surface area contributed by atoms with E-state index in [1.165, 1.54) is 12.3 Å². The fourth-order valence-corrected chi connectivity index (χ4v) is 10.1. The summed E-state index contributed by atoms with van der Waals surface area (Å²) >= 11 is 0. The van der Waals surface area contributed by atoms with Crippen LogP contribution in [0.15, 0.2) is 113 Å². The van der Waals surface area contributed by atoms with E-state index in [0.29, 0.717) is 52.4 Å². The first-order valence-corrected chi connectivity index (χ1v) is 25.5. The van der Waals surface area contributed by atoms with Gasteiger partial charge in [-0.15, -0.1) is 0 Å². The van der Waals surface area contributed by atoms with E-state index in [2.05, 4.69) is 66.9 Å². The quantitative estimate of drug-likeness (QED) is 0.0354. The van der Waals surface area contributed by atoms with Crippen molar-refractivity contribution in [2.45, 2.75) is 74.6 Å². The molecule has 0 aliphatic carbocycles. The van der Waals surface area contributed by atoms with Crippen LogP contribution >= 0.6 is 0 Å². The number of pyridine rings is 1. The zero-order valence-corrected chi connectivity index (χ0v) is 39.0. The van der Waals surface area contributed by atoms with Crippen LogP contribution in [0.25, 0.3) is 22.0 Å². The number of sulfone groups is 1. The monoisotopic (exact) mass is 901 g/mol. The normalized spacial score (nSPS) is 13.5. The van der Waals surface area contributed by atoms with E-state index in [1.54, 1.807) is 74.7 Å². The van der Waals surface area contributed by atoms with Crippen LogP contribution in [0, 0.1) is 6.92 Å². The van der Waals surface area contributed by atoms with Gasteiger partial charge < -0.3 is 40.7 Å². The number of aryl methyl sites for hydroxylation is 2. The molecule has 1 atom stereocenters. The number of aromatic hydroxyl groups is 1. The average Bonchev–Trinajstić information content (AvgIpc) is 3.26. The summed E-state index contributed by atoms with van der Waals surface area (Å²) in [7, 11) is -4.72. The van der Waals surface area contributed by atoms with Gasteiger partial charge >= 0.3 is 0 Å². The number of rotatable bonds is 16. The van der Waals surface area contributed by atoms with Gasteiger partial charge in [0, 0.05) is 35.4 Å². The molecular weight excluding hydrogens is 847 g/mol. The Morgan fingerprint density at radius 1 is 0.984 bits per heavy atom. The zero-order valence-electron chi connectivity index (χ0n) is 37.2. The van der Waals surface area contributed by atoms with E-state index >= 15 is 0 Å². The zero-order chi connectivity index (χ0) is 46.0. The maximum Gasteiger partial charge on any atom is 0.262 e. The molecule has 0 spiro atoms. The van der Waals surface area contributed by atoms with Crippen LogP contribution in [0.4, 0.5) is 17.1 Å².